The molecule has 0 saturated heterocycles. The second kappa shape index (κ2) is 8.16. The van der Waals surface area contributed by atoms with Gasteiger partial charge in [-0.2, -0.15) is 20.3 Å². The van der Waals surface area contributed by atoms with Crippen molar-refractivity contribution < 1.29 is 0 Å². The molecule has 0 fully saturated rings. The molecule has 0 amide bonds. The first-order valence-corrected chi connectivity index (χ1v) is 10.0. The molecular weight excluding hydrogens is 432 g/mol. The van der Waals surface area contributed by atoms with E-state index >= 15 is 0 Å². The van der Waals surface area contributed by atoms with Crippen molar-refractivity contribution in [3.8, 4) is 11.9 Å². The molecule has 0 bridgehead atoms. The zero-order chi connectivity index (χ0) is 23.0. The third kappa shape index (κ3) is 3.57. The maximum Gasteiger partial charge on any atom is 0.268 e. The molecular formula is C20H19ClN10O. The van der Waals surface area contributed by atoms with E-state index in [4.69, 9.17) is 28.1 Å². The van der Waals surface area contributed by atoms with Crippen LogP contribution in [-0.2, 0) is 0 Å². The molecule has 11 nitrogen and oxygen atoms in total. The number of benzene rings is 1. The number of aryl methyl sites for hydroxylation is 1. The Balaban J connectivity index is 1.98. The lowest BCUT2D eigenvalue weighted by Crippen LogP contribution is -2.29. The Morgan fingerprint density at radius 3 is 2.75 bits per heavy atom. The SMILES string of the molecule is CCC(Nc1nc(N)nc(N)c1C#N)c1nc2cc(C)cc(Cl)c2c(=O)n1-c1cc[nH]n1. The van der Waals surface area contributed by atoms with Gasteiger partial charge >= 0.3 is 0 Å². The molecule has 32 heavy (non-hydrogen) atoms. The largest absolute Gasteiger partial charge is 0.382 e. The minimum atomic E-state index is -0.552. The average molecular weight is 451 g/mol. The van der Waals surface area contributed by atoms with Crippen molar-refractivity contribution in [3.63, 3.8) is 0 Å². The number of nitrogens with one attached hydrogen (secondary N) is 2. The van der Waals surface area contributed by atoms with Crippen molar-refractivity contribution >= 4 is 40.1 Å². The molecule has 0 aliphatic rings. The third-order valence-electron chi connectivity index (χ3n) is 4.91. The molecule has 0 aliphatic carbocycles. The normalized spacial score (nSPS) is 11.9. The number of nitrogens with zero attached hydrogens (tertiary/aromatic N) is 6. The molecule has 0 aliphatic heterocycles. The first kappa shape index (κ1) is 21.1. The number of aromatic amines is 1. The number of fused-ring (bicyclic) bond motifs is 1. The fraction of sp³-hybridized carbons (Fsp3) is 0.200. The predicted octanol–water partition coefficient (Wildman–Crippen LogP) is 2.46. The van der Waals surface area contributed by atoms with Gasteiger partial charge in [0.1, 0.15) is 23.3 Å². The van der Waals surface area contributed by atoms with Gasteiger partial charge < -0.3 is 16.8 Å². The number of rotatable bonds is 5. The zero-order valence-electron chi connectivity index (χ0n) is 17.2. The van der Waals surface area contributed by atoms with E-state index in [0.717, 1.165) is 5.56 Å². The van der Waals surface area contributed by atoms with Gasteiger partial charge in [-0.15, -0.1) is 0 Å². The van der Waals surface area contributed by atoms with Crippen LogP contribution in [0.4, 0.5) is 17.6 Å². The van der Waals surface area contributed by atoms with Crippen molar-refractivity contribution in [2.75, 3.05) is 16.8 Å². The van der Waals surface area contributed by atoms with Crippen LogP contribution < -0.4 is 22.3 Å². The van der Waals surface area contributed by atoms with Crippen LogP contribution in [0.15, 0.2) is 29.2 Å². The van der Waals surface area contributed by atoms with E-state index < -0.39 is 6.04 Å². The number of hydrogen-bond acceptors (Lipinski definition) is 9. The van der Waals surface area contributed by atoms with E-state index in [2.05, 4.69) is 25.5 Å². The van der Waals surface area contributed by atoms with Crippen LogP contribution >= 0.6 is 11.6 Å². The monoisotopic (exact) mass is 450 g/mol. The molecule has 4 aromatic rings. The molecule has 0 saturated carbocycles. The first-order valence-electron chi connectivity index (χ1n) is 9.66. The maximum absolute atomic E-state index is 13.5. The number of anilines is 3. The van der Waals surface area contributed by atoms with Gasteiger partial charge in [0.25, 0.3) is 5.56 Å². The number of nitriles is 1. The highest BCUT2D eigenvalue weighted by molar-refractivity contribution is 6.35. The van der Waals surface area contributed by atoms with Crippen LogP contribution in [0, 0.1) is 18.3 Å². The van der Waals surface area contributed by atoms with Gasteiger partial charge in [0.05, 0.1) is 22.0 Å². The lowest BCUT2D eigenvalue weighted by atomic mass is 10.1. The molecule has 3 aromatic heterocycles. The standard InChI is InChI=1S/C20H19ClN10O/c1-3-12(26-17-10(8-22)16(23)28-20(24)29-17)18-27-13-7-9(2)6-11(21)15(13)19(32)31(18)14-4-5-25-30-14/h4-7,12H,3H2,1-2H3,(H,25,30)(H5,23,24,26,28,29). The summed E-state index contributed by atoms with van der Waals surface area (Å²) in [5, 5.41) is 20.1. The average Bonchev–Trinajstić information content (AvgIpc) is 3.25. The van der Waals surface area contributed by atoms with Gasteiger partial charge in [0.15, 0.2) is 11.6 Å². The third-order valence-corrected chi connectivity index (χ3v) is 5.21. The Bertz CT molecular complexity index is 1420. The van der Waals surface area contributed by atoms with Gasteiger partial charge in [-0.25, -0.2) is 9.55 Å². The molecule has 0 spiro atoms. The van der Waals surface area contributed by atoms with Crippen molar-refractivity contribution in [1.29, 1.82) is 5.26 Å². The zero-order valence-corrected chi connectivity index (χ0v) is 18.0. The van der Waals surface area contributed by atoms with Gasteiger partial charge in [0, 0.05) is 12.3 Å². The van der Waals surface area contributed by atoms with Gasteiger partial charge in [-0.3, -0.25) is 9.89 Å². The van der Waals surface area contributed by atoms with Crippen LogP contribution in [0.5, 0.6) is 0 Å². The molecule has 12 heteroatoms. The summed E-state index contributed by atoms with van der Waals surface area (Å²) < 4.78 is 1.38. The molecule has 1 atom stereocenters. The highest BCUT2D eigenvalue weighted by Gasteiger charge is 2.24. The van der Waals surface area contributed by atoms with Gasteiger partial charge in [-0.05, 0) is 31.0 Å². The van der Waals surface area contributed by atoms with E-state index in [1.54, 1.807) is 24.4 Å². The van der Waals surface area contributed by atoms with E-state index in [1.165, 1.54) is 4.57 Å². The van der Waals surface area contributed by atoms with Gasteiger partial charge in [-0.1, -0.05) is 18.5 Å². The summed E-state index contributed by atoms with van der Waals surface area (Å²) in [6.07, 6.45) is 2.08. The quantitative estimate of drug-likeness (QED) is 0.355. The van der Waals surface area contributed by atoms with E-state index in [-0.39, 0.29) is 34.1 Å². The van der Waals surface area contributed by atoms with Crippen molar-refractivity contribution in [3.05, 3.63) is 56.7 Å². The maximum atomic E-state index is 13.5. The number of aromatic nitrogens is 6. The number of hydrogen-bond donors (Lipinski definition) is 4. The smallest absolute Gasteiger partial charge is 0.268 e. The van der Waals surface area contributed by atoms with Crippen molar-refractivity contribution in [2.24, 2.45) is 0 Å². The fourth-order valence-electron chi connectivity index (χ4n) is 3.47. The molecule has 1 unspecified atom stereocenters. The summed E-state index contributed by atoms with van der Waals surface area (Å²) in [4.78, 5) is 26.2. The minimum Gasteiger partial charge on any atom is -0.382 e. The predicted molar refractivity (Wildman–Crippen MR) is 121 cm³/mol. The Morgan fingerprint density at radius 1 is 1.31 bits per heavy atom. The first-order chi connectivity index (χ1) is 15.3. The van der Waals surface area contributed by atoms with Crippen molar-refractivity contribution in [2.45, 2.75) is 26.3 Å². The number of nitrogens with two attached hydrogens (primary N) is 2. The van der Waals surface area contributed by atoms with Gasteiger partial charge in [0.2, 0.25) is 5.95 Å². The fourth-order valence-corrected chi connectivity index (χ4v) is 3.82. The summed E-state index contributed by atoms with van der Waals surface area (Å²) >= 11 is 6.39. The number of H-pyrrole nitrogens is 1. The van der Waals surface area contributed by atoms with E-state index in [0.29, 0.717) is 28.6 Å². The Morgan fingerprint density at radius 2 is 2.09 bits per heavy atom. The summed E-state index contributed by atoms with van der Waals surface area (Å²) in [7, 11) is 0. The molecule has 4 rings (SSSR count). The Kier molecular flexibility index (Phi) is 5.38. The molecule has 162 valence electrons. The lowest BCUT2D eigenvalue weighted by molar-refractivity contribution is 0.652. The van der Waals surface area contributed by atoms with Crippen molar-refractivity contribution in [1.82, 2.24) is 29.7 Å². The summed E-state index contributed by atoms with van der Waals surface area (Å²) in [6.45, 7) is 3.76. The molecule has 1 aromatic carbocycles. The second-order valence-corrected chi connectivity index (χ2v) is 7.50. The summed E-state index contributed by atoms with van der Waals surface area (Å²) in [5.41, 5.74) is 12.5. The second-order valence-electron chi connectivity index (χ2n) is 7.09. The van der Waals surface area contributed by atoms with Crippen LogP contribution in [0.2, 0.25) is 5.02 Å². The number of halogens is 1. The van der Waals surface area contributed by atoms with Crippen LogP contribution in [0.25, 0.3) is 16.7 Å². The minimum absolute atomic E-state index is 0.0454. The molecule has 3 heterocycles. The number of nitrogen functional groups attached to an aromatic ring is 2. The Labute approximate surface area is 187 Å². The summed E-state index contributed by atoms with van der Waals surface area (Å²) in [6, 6.07) is 6.57. The lowest BCUT2D eigenvalue weighted by Gasteiger charge is -2.22. The highest BCUT2D eigenvalue weighted by atomic mass is 35.5. The van der Waals surface area contributed by atoms with Crippen LogP contribution in [-0.4, -0.2) is 29.7 Å². The molecule has 6 N–H and O–H groups in total. The Hall–Kier alpha value is -4.17. The summed E-state index contributed by atoms with van der Waals surface area (Å²) in [5.74, 6) is 0.722. The highest BCUT2D eigenvalue weighted by Crippen LogP contribution is 2.28. The van der Waals surface area contributed by atoms with E-state index in [9.17, 15) is 10.1 Å². The van der Waals surface area contributed by atoms with Crippen LogP contribution in [0.3, 0.4) is 0 Å². The molecule has 0 radical (unpaired) electrons. The van der Waals surface area contributed by atoms with E-state index in [1.807, 2.05) is 19.9 Å². The topological polar surface area (TPSA) is 177 Å². The van der Waals surface area contributed by atoms with Crippen LogP contribution in [0.1, 0.15) is 36.3 Å².